The average Bonchev–Trinajstić information content (AvgIpc) is 2.39. The maximum atomic E-state index is 8.66. The van der Waals surface area contributed by atoms with Crippen LogP contribution < -0.4 is 0 Å². The van der Waals surface area contributed by atoms with Gasteiger partial charge >= 0.3 is 0 Å². The molecule has 0 saturated carbocycles. The van der Waals surface area contributed by atoms with Crippen LogP contribution in [0.1, 0.15) is 44.2 Å². The van der Waals surface area contributed by atoms with Crippen LogP contribution in [0, 0.1) is 5.92 Å². The molecule has 1 rings (SSSR count). The van der Waals surface area contributed by atoms with Crippen molar-refractivity contribution in [1.29, 1.82) is 0 Å². The summed E-state index contributed by atoms with van der Waals surface area (Å²) >= 11 is 12.5. The molecule has 0 aliphatic rings. The zero-order valence-corrected chi connectivity index (χ0v) is 14.0. The summed E-state index contributed by atoms with van der Waals surface area (Å²) in [5, 5.41) is 9.96. The fourth-order valence-corrected chi connectivity index (χ4v) is 2.51. The van der Waals surface area contributed by atoms with Crippen molar-refractivity contribution in [2.45, 2.75) is 39.5 Å². The van der Waals surface area contributed by atoms with Gasteiger partial charge in [0.15, 0.2) is 0 Å². The molecular weight excluding hydrogens is 295 g/mol. The first-order valence-electron chi connectivity index (χ1n) is 7.12. The lowest BCUT2D eigenvalue weighted by molar-refractivity contribution is 0.0842. The Morgan fingerprint density at radius 2 is 1.85 bits per heavy atom. The smallest absolute Gasteiger partial charge is 0.0697 e. The van der Waals surface area contributed by atoms with Gasteiger partial charge in [0.1, 0.15) is 0 Å². The SMILES string of the molecule is CC(CCOCCO)Cc1cc(C(C)C)cc(Cl)c1Cl. The van der Waals surface area contributed by atoms with Crippen LogP contribution in [-0.2, 0) is 11.2 Å². The van der Waals surface area contributed by atoms with E-state index in [1.54, 1.807) is 0 Å². The Hall–Kier alpha value is -0.280. The number of aliphatic hydroxyl groups is 1. The molecule has 1 atom stereocenters. The van der Waals surface area contributed by atoms with Gasteiger partial charge in [0.2, 0.25) is 0 Å². The second kappa shape index (κ2) is 8.89. The van der Waals surface area contributed by atoms with Gasteiger partial charge in [-0.1, -0.05) is 50.0 Å². The number of halogens is 2. The lowest BCUT2D eigenvalue weighted by Gasteiger charge is -2.16. The van der Waals surface area contributed by atoms with Crippen LogP contribution >= 0.6 is 23.2 Å². The molecule has 0 aliphatic heterocycles. The Labute approximate surface area is 132 Å². The van der Waals surface area contributed by atoms with Gasteiger partial charge in [0.25, 0.3) is 0 Å². The number of hydrogen-bond donors (Lipinski definition) is 1. The van der Waals surface area contributed by atoms with E-state index in [2.05, 4.69) is 26.8 Å². The summed E-state index contributed by atoms with van der Waals surface area (Å²) in [6, 6.07) is 4.11. The van der Waals surface area contributed by atoms with Crippen LogP contribution in [-0.4, -0.2) is 24.9 Å². The minimum Gasteiger partial charge on any atom is -0.394 e. The molecule has 1 unspecified atom stereocenters. The van der Waals surface area contributed by atoms with Crippen molar-refractivity contribution in [1.82, 2.24) is 0 Å². The minimum atomic E-state index is 0.0756. The summed E-state index contributed by atoms with van der Waals surface area (Å²) in [5.74, 6) is 0.899. The molecular formula is C16H24Cl2O2. The first-order chi connectivity index (χ1) is 9.45. The number of benzene rings is 1. The number of rotatable bonds is 8. The number of aliphatic hydroxyl groups excluding tert-OH is 1. The normalized spacial score (nSPS) is 12.9. The molecule has 4 heteroatoms. The molecule has 1 aromatic carbocycles. The second-order valence-electron chi connectivity index (χ2n) is 5.56. The van der Waals surface area contributed by atoms with Crippen LogP contribution in [0.4, 0.5) is 0 Å². The molecule has 0 fully saturated rings. The van der Waals surface area contributed by atoms with E-state index in [0.29, 0.717) is 35.1 Å². The minimum absolute atomic E-state index is 0.0756. The Morgan fingerprint density at radius 1 is 1.15 bits per heavy atom. The molecule has 0 spiro atoms. The van der Waals surface area contributed by atoms with Crippen molar-refractivity contribution in [3.63, 3.8) is 0 Å². The predicted molar refractivity (Wildman–Crippen MR) is 85.9 cm³/mol. The van der Waals surface area contributed by atoms with Crippen molar-refractivity contribution >= 4 is 23.2 Å². The van der Waals surface area contributed by atoms with E-state index in [1.165, 1.54) is 5.56 Å². The van der Waals surface area contributed by atoms with Crippen molar-refractivity contribution in [2.24, 2.45) is 5.92 Å². The number of hydrogen-bond acceptors (Lipinski definition) is 2. The highest BCUT2D eigenvalue weighted by Gasteiger charge is 2.13. The van der Waals surface area contributed by atoms with Gasteiger partial charge in [-0.3, -0.25) is 0 Å². The third-order valence-electron chi connectivity index (χ3n) is 3.35. The van der Waals surface area contributed by atoms with Crippen molar-refractivity contribution in [3.8, 4) is 0 Å². The summed E-state index contributed by atoms with van der Waals surface area (Å²) < 4.78 is 5.30. The van der Waals surface area contributed by atoms with E-state index in [-0.39, 0.29) is 6.61 Å². The predicted octanol–water partition coefficient (Wildman–Crippen LogP) is 4.69. The van der Waals surface area contributed by atoms with Gasteiger partial charge in [-0.25, -0.2) is 0 Å². The fourth-order valence-electron chi connectivity index (χ4n) is 2.08. The Balaban J connectivity index is 2.66. The molecule has 0 amide bonds. The lowest BCUT2D eigenvalue weighted by atomic mass is 9.94. The second-order valence-corrected chi connectivity index (χ2v) is 6.35. The van der Waals surface area contributed by atoms with Crippen LogP contribution in [0.3, 0.4) is 0 Å². The van der Waals surface area contributed by atoms with E-state index in [1.807, 2.05) is 6.07 Å². The molecule has 0 aliphatic carbocycles. The zero-order chi connectivity index (χ0) is 15.1. The first kappa shape index (κ1) is 17.8. The fraction of sp³-hybridized carbons (Fsp3) is 0.625. The van der Waals surface area contributed by atoms with Gasteiger partial charge < -0.3 is 9.84 Å². The van der Waals surface area contributed by atoms with E-state index in [4.69, 9.17) is 33.0 Å². The van der Waals surface area contributed by atoms with E-state index in [9.17, 15) is 0 Å². The van der Waals surface area contributed by atoms with Gasteiger partial charge in [-0.05, 0) is 41.9 Å². The van der Waals surface area contributed by atoms with Gasteiger partial charge in [-0.2, -0.15) is 0 Å². The van der Waals surface area contributed by atoms with Crippen LogP contribution in [0.25, 0.3) is 0 Å². The topological polar surface area (TPSA) is 29.5 Å². The molecule has 0 bridgehead atoms. The lowest BCUT2D eigenvalue weighted by Crippen LogP contribution is -2.08. The summed E-state index contributed by atoms with van der Waals surface area (Å²) in [5.41, 5.74) is 2.33. The zero-order valence-electron chi connectivity index (χ0n) is 12.5. The Kier molecular flexibility index (Phi) is 7.90. The molecule has 2 nitrogen and oxygen atoms in total. The van der Waals surface area contributed by atoms with Crippen LogP contribution in [0.15, 0.2) is 12.1 Å². The van der Waals surface area contributed by atoms with E-state index >= 15 is 0 Å². The molecule has 0 heterocycles. The van der Waals surface area contributed by atoms with Crippen LogP contribution in [0.5, 0.6) is 0 Å². The van der Waals surface area contributed by atoms with Crippen LogP contribution in [0.2, 0.25) is 10.0 Å². The standard InChI is InChI=1S/C16H24Cl2O2/c1-11(2)13-9-14(16(18)15(17)10-13)8-12(3)4-6-20-7-5-19/h9-12,19H,4-8H2,1-3H3. The summed E-state index contributed by atoms with van der Waals surface area (Å²) in [4.78, 5) is 0. The molecule has 0 saturated heterocycles. The average molecular weight is 319 g/mol. The summed E-state index contributed by atoms with van der Waals surface area (Å²) in [7, 11) is 0. The molecule has 114 valence electrons. The molecule has 0 aromatic heterocycles. The summed E-state index contributed by atoms with van der Waals surface area (Å²) in [6.07, 6.45) is 1.83. The molecule has 1 aromatic rings. The van der Waals surface area contributed by atoms with E-state index < -0.39 is 0 Å². The highest BCUT2D eigenvalue weighted by atomic mass is 35.5. The van der Waals surface area contributed by atoms with Gasteiger partial charge in [-0.15, -0.1) is 0 Å². The largest absolute Gasteiger partial charge is 0.394 e. The molecule has 1 N–H and O–H groups in total. The monoisotopic (exact) mass is 318 g/mol. The maximum Gasteiger partial charge on any atom is 0.0697 e. The molecule has 0 radical (unpaired) electrons. The Bertz CT molecular complexity index is 419. The quantitative estimate of drug-likeness (QED) is 0.704. The van der Waals surface area contributed by atoms with Crippen molar-refractivity contribution in [2.75, 3.05) is 19.8 Å². The van der Waals surface area contributed by atoms with Crippen molar-refractivity contribution < 1.29 is 9.84 Å². The van der Waals surface area contributed by atoms with E-state index in [0.717, 1.165) is 18.4 Å². The summed E-state index contributed by atoms with van der Waals surface area (Å²) in [6.45, 7) is 7.62. The van der Waals surface area contributed by atoms with Gasteiger partial charge in [0, 0.05) is 6.61 Å². The maximum absolute atomic E-state index is 8.66. The third kappa shape index (κ3) is 5.61. The molecule has 20 heavy (non-hydrogen) atoms. The number of ether oxygens (including phenoxy) is 1. The van der Waals surface area contributed by atoms with Crippen molar-refractivity contribution in [3.05, 3.63) is 33.3 Å². The van der Waals surface area contributed by atoms with Gasteiger partial charge in [0.05, 0.1) is 23.3 Å². The third-order valence-corrected chi connectivity index (χ3v) is 4.19. The first-order valence-corrected chi connectivity index (χ1v) is 7.87. The Morgan fingerprint density at radius 3 is 2.45 bits per heavy atom. The highest BCUT2D eigenvalue weighted by molar-refractivity contribution is 6.42. The highest BCUT2D eigenvalue weighted by Crippen LogP contribution is 2.32.